The zero-order valence-electron chi connectivity index (χ0n) is 21.1. The van der Waals surface area contributed by atoms with E-state index in [0.717, 1.165) is 31.2 Å². The normalized spacial score (nSPS) is 19.2. The van der Waals surface area contributed by atoms with Crippen LogP contribution in [0.5, 0.6) is 0 Å². The van der Waals surface area contributed by atoms with Crippen LogP contribution in [0, 0.1) is 5.92 Å². The summed E-state index contributed by atoms with van der Waals surface area (Å²) < 4.78 is 16.8. The number of pyridine rings is 1. The van der Waals surface area contributed by atoms with Gasteiger partial charge in [-0.1, -0.05) is 19.9 Å². The number of aromatic nitrogens is 1. The Morgan fingerprint density at radius 1 is 1.20 bits per heavy atom. The number of ether oxygens (including phenoxy) is 3. The standard InChI is InChI=1S/C26H39N3O6/c1-19(2)18-33-20(3)35-29-24(30)11-10-22-9-8-21(16-27-22)17-28-26(12-14-32-15-13-26)25(31)34-23-6-4-5-7-23/h8-11,16,19-20,23,28H,4-7,12-15,17-18H2,1-3H3,(H,29,30)/b11-10+. The van der Waals surface area contributed by atoms with Crippen molar-refractivity contribution in [3.63, 3.8) is 0 Å². The molecule has 9 heteroatoms. The first kappa shape index (κ1) is 27.3. The molecule has 35 heavy (non-hydrogen) atoms. The molecule has 3 rings (SSSR count). The maximum absolute atomic E-state index is 13.0. The van der Waals surface area contributed by atoms with Gasteiger partial charge in [0.2, 0.25) is 0 Å². The molecule has 1 aromatic rings. The molecule has 2 fully saturated rings. The minimum absolute atomic E-state index is 0.0372. The smallest absolute Gasteiger partial charge is 0.326 e. The highest BCUT2D eigenvalue weighted by molar-refractivity contribution is 5.90. The summed E-state index contributed by atoms with van der Waals surface area (Å²) in [4.78, 5) is 34.6. The van der Waals surface area contributed by atoms with Crippen LogP contribution in [0.15, 0.2) is 24.4 Å². The molecular weight excluding hydrogens is 450 g/mol. The number of nitrogens with one attached hydrogen (secondary N) is 2. The van der Waals surface area contributed by atoms with E-state index in [1.165, 1.54) is 6.08 Å². The molecule has 1 aliphatic heterocycles. The largest absolute Gasteiger partial charge is 0.461 e. The molecule has 2 aliphatic rings. The van der Waals surface area contributed by atoms with E-state index in [1.54, 1.807) is 19.2 Å². The van der Waals surface area contributed by atoms with Crippen molar-refractivity contribution in [1.82, 2.24) is 15.8 Å². The van der Waals surface area contributed by atoms with Crippen molar-refractivity contribution in [2.75, 3.05) is 19.8 Å². The predicted molar refractivity (Wildman–Crippen MR) is 131 cm³/mol. The van der Waals surface area contributed by atoms with Crippen molar-refractivity contribution in [2.45, 2.75) is 83.8 Å². The summed E-state index contributed by atoms with van der Waals surface area (Å²) in [5.74, 6) is -0.189. The van der Waals surface area contributed by atoms with E-state index in [-0.39, 0.29) is 12.1 Å². The van der Waals surface area contributed by atoms with Crippen molar-refractivity contribution in [2.24, 2.45) is 5.92 Å². The number of hydroxylamine groups is 1. The topological polar surface area (TPSA) is 108 Å². The highest BCUT2D eigenvalue weighted by atomic mass is 16.8. The molecule has 0 radical (unpaired) electrons. The summed E-state index contributed by atoms with van der Waals surface area (Å²) in [5, 5.41) is 3.43. The lowest BCUT2D eigenvalue weighted by Gasteiger charge is -2.36. The van der Waals surface area contributed by atoms with Gasteiger partial charge in [-0.2, -0.15) is 0 Å². The zero-order valence-corrected chi connectivity index (χ0v) is 21.1. The van der Waals surface area contributed by atoms with E-state index in [0.29, 0.717) is 50.8 Å². The van der Waals surface area contributed by atoms with Crippen molar-refractivity contribution >= 4 is 18.0 Å². The molecular formula is C26H39N3O6. The summed E-state index contributed by atoms with van der Waals surface area (Å²) in [6.07, 6.45) is 9.51. The number of carbonyl (C=O) groups excluding carboxylic acids is 2. The van der Waals surface area contributed by atoms with E-state index < -0.39 is 17.7 Å². The van der Waals surface area contributed by atoms with Crippen LogP contribution in [0.2, 0.25) is 0 Å². The fourth-order valence-corrected chi connectivity index (χ4v) is 4.05. The molecule has 1 saturated carbocycles. The number of hydrogen-bond donors (Lipinski definition) is 2. The van der Waals surface area contributed by atoms with Crippen LogP contribution < -0.4 is 10.8 Å². The first-order valence-corrected chi connectivity index (χ1v) is 12.6. The molecule has 1 unspecified atom stereocenters. The molecule has 1 amide bonds. The molecule has 1 saturated heterocycles. The monoisotopic (exact) mass is 489 g/mol. The summed E-state index contributed by atoms with van der Waals surface area (Å²) >= 11 is 0. The number of carbonyl (C=O) groups is 2. The summed E-state index contributed by atoms with van der Waals surface area (Å²) in [7, 11) is 0. The Bertz CT molecular complexity index is 830. The van der Waals surface area contributed by atoms with Gasteiger partial charge in [0.25, 0.3) is 5.91 Å². The van der Waals surface area contributed by atoms with Crippen molar-refractivity contribution in [3.8, 4) is 0 Å². The maximum Gasteiger partial charge on any atom is 0.326 e. The molecule has 0 spiro atoms. The van der Waals surface area contributed by atoms with Gasteiger partial charge in [-0.25, -0.2) is 10.3 Å². The van der Waals surface area contributed by atoms with Gasteiger partial charge in [0.15, 0.2) is 6.29 Å². The van der Waals surface area contributed by atoms with Gasteiger partial charge in [0.05, 0.1) is 12.3 Å². The van der Waals surface area contributed by atoms with Crippen LogP contribution in [0.3, 0.4) is 0 Å². The Balaban J connectivity index is 1.47. The Morgan fingerprint density at radius 3 is 2.60 bits per heavy atom. The Labute approximate surface area is 207 Å². The van der Waals surface area contributed by atoms with Gasteiger partial charge in [-0.05, 0) is 69.1 Å². The number of amides is 1. The Hall–Kier alpha value is -2.33. The van der Waals surface area contributed by atoms with Gasteiger partial charge in [0, 0.05) is 32.0 Å². The summed E-state index contributed by atoms with van der Waals surface area (Å²) in [6.45, 7) is 7.90. The molecule has 2 N–H and O–H groups in total. The van der Waals surface area contributed by atoms with E-state index >= 15 is 0 Å². The first-order chi connectivity index (χ1) is 16.9. The lowest BCUT2D eigenvalue weighted by molar-refractivity contribution is -0.180. The fraction of sp³-hybridized carbons (Fsp3) is 0.654. The molecule has 1 atom stereocenters. The molecule has 194 valence electrons. The SMILES string of the molecule is CC(C)COC(C)ONC(=O)/C=C/c1ccc(CNC2(C(=O)OC3CCCC3)CCOCC2)cn1. The third-order valence-corrected chi connectivity index (χ3v) is 6.19. The summed E-state index contributed by atoms with van der Waals surface area (Å²) in [6, 6.07) is 3.74. The van der Waals surface area contributed by atoms with Gasteiger partial charge in [-0.3, -0.25) is 19.9 Å². The second kappa shape index (κ2) is 13.7. The average molecular weight is 490 g/mol. The number of nitrogens with zero attached hydrogens (tertiary/aromatic N) is 1. The highest BCUT2D eigenvalue weighted by Gasteiger charge is 2.42. The predicted octanol–water partition coefficient (Wildman–Crippen LogP) is 3.29. The zero-order chi connectivity index (χ0) is 25.1. The molecule has 0 aromatic carbocycles. The van der Waals surface area contributed by atoms with Gasteiger partial charge in [-0.15, -0.1) is 0 Å². The molecule has 0 bridgehead atoms. The lowest BCUT2D eigenvalue weighted by Crippen LogP contribution is -2.56. The van der Waals surface area contributed by atoms with Crippen LogP contribution in [-0.2, 0) is 35.2 Å². The quantitative estimate of drug-likeness (QED) is 0.199. The molecule has 1 aliphatic carbocycles. The Kier molecular flexibility index (Phi) is 10.7. The fourth-order valence-electron chi connectivity index (χ4n) is 4.05. The van der Waals surface area contributed by atoms with Crippen LogP contribution in [0.25, 0.3) is 6.08 Å². The number of hydrogen-bond acceptors (Lipinski definition) is 8. The Morgan fingerprint density at radius 2 is 1.94 bits per heavy atom. The summed E-state index contributed by atoms with van der Waals surface area (Å²) in [5.41, 5.74) is 3.18. The van der Waals surface area contributed by atoms with Crippen molar-refractivity contribution in [3.05, 3.63) is 35.7 Å². The third-order valence-electron chi connectivity index (χ3n) is 6.19. The van der Waals surface area contributed by atoms with E-state index in [4.69, 9.17) is 19.0 Å². The van der Waals surface area contributed by atoms with Crippen molar-refractivity contribution in [1.29, 1.82) is 0 Å². The maximum atomic E-state index is 13.0. The minimum atomic E-state index is -0.729. The van der Waals surface area contributed by atoms with E-state index in [2.05, 4.69) is 15.8 Å². The molecule has 9 nitrogen and oxygen atoms in total. The third kappa shape index (κ3) is 9.00. The highest BCUT2D eigenvalue weighted by Crippen LogP contribution is 2.27. The van der Waals surface area contributed by atoms with Crippen LogP contribution in [0.4, 0.5) is 0 Å². The lowest BCUT2D eigenvalue weighted by atomic mass is 9.89. The number of rotatable bonds is 12. The van der Waals surface area contributed by atoms with E-state index in [1.807, 2.05) is 26.0 Å². The minimum Gasteiger partial charge on any atom is -0.461 e. The van der Waals surface area contributed by atoms with Gasteiger partial charge >= 0.3 is 5.97 Å². The first-order valence-electron chi connectivity index (χ1n) is 12.6. The second-order valence-corrected chi connectivity index (χ2v) is 9.66. The molecule has 1 aromatic heterocycles. The second-order valence-electron chi connectivity index (χ2n) is 9.66. The van der Waals surface area contributed by atoms with E-state index in [9.17, 15) is 9.59 Å². The van der Waals surface area contributed by atoms with Crippen LogP contribution >= 0.6 is 0 Å². The van der Waals surface area contributed by atoms with Crippen molar-refractivity contribution < 1.29 is 28.6 Å². The van der Waals surface area contributed by atoms with Crippen LogP contribution in [0.1, 0.15) is 70.6 Å². The number of esters is 1. The van der Waals surface area contributed by atoms with Gasteiger partial charge in [0.1, 0.15) is 11.6 Å². The van der Waals surface area contributed by atoms with Crippen LogP contribution in [-0.4, -0.2) is 54.6 Å². The molecule has 2 heterocycles. The van der Waals surface area contributed by atoms with Gasteiger partial charge < -0.3 is 14.2 Å². The average Bonchev–Trinajstić information content (AvgIpc) is 3.38.